The van der Waals surface area contributed by atoms with Crippen LogP contribution in [0.2, 0.25) is 20.1 Å². The third-order valence-corrected chi connectivity index (χ3v) is 5.12. The first-order valence-corrected chi connectivity index (χ1v) is 8.99. The van der Waals surface area contributed by atoms with Crippen LogP contribution in [0.5, 0.6) is 23.0 Å². The molecule has 2 aromatic carbocycles. The van der Waals surface area contributed by atoms with E-state index < -0.39 is 0 Å². The first-order valence-electron chi connectivity index (χ1n) is 7.48. The van der Waals surface area contributed by atoms with E-state index >= 15 is 0 Å². The van der Waals surface area contributed by atoms with Crippen molar-refractivity contribution in [3.8, 4) is 23.0 Å². The molecular formula is C16H10BCl4O4. The summed E-state index contributed by atoms with van der Waals surface area (Å²) in [6.07, 6.45) is 1.31. The van der Waals surface area contributed by atoms with Crippen molar-refractivity contribution in [1.82, 2.24) is 0 Å². The minimum absolute atomic E-state index is 0.380. The van der Waals surface area contributed by atoms with Gasteiger partial charge in [-0.05, 0) is 12.1 Å². The maximum atomic E-state index is 6.24. The maximum absolute atomic E-state index is 6.24. The van der Waals surface area contributed by atoms with E-state index in [9.17, 15) is 0 Å². The molecule has 0 amide bonds. The highest BCUT2D eigenvalue weighted by Gasteiger charge is 2.26. The van der Waals surface area contributed by atoms with Crippen molar-refractivity contribution in [1.29, 1.82) is 0 Å². The second kappa shape index (κ2) is 6.88. The second-order valence-electron chi connectivity index (χ2n) is 5.48. The van der Waals surface area contributed by atoms with Crippen LogP contribution in [-0.2, 0) is 12.8 Å². The van der Waals surface area contributed by atoms with Crippen molar-refractivity contribution in [3.63, 3.8) is 0 Å². The lowest BCUT2D eigenvalue weighted by atomic mass is 10.1. The van der Waals surface area contributed by atoms with Gasteiger partial charge in [-0.15, -0.1) is 0 Å². The van der Waals surface area contributed by atoms with Crippen molar-refractivity contribution < 1.29 is 18.8 Å². The summed E-state index contributed by atoms with van der Waals surface area (Å²) < 4.78 is 22.3. The average molecular weight is 419 g/mol. The molecule has 25 heavy (non-hydrogen) atoms. The largest absolute Gasteiger partial charge is 0.658 e. The molecule has 2 aliphatic heterocycles. The molecule has 2 heterocycles. The summed E-state index contributed by atoms with van der Waals surface area (Å²) in [4.78, 5) is 0. The Morgan fingerprint density at radius 1 is 0.720 bits per heavy atom. The van der Waals surface area contributed by atoms with E-state index in [1.54, 1.807) is 12.1 Å². The van der Waals surface area contributed by atoms with Gasteiger partial charge in [0.25, 0.3) is 0 Å². The minimum Gasteiger partial charge on any atom is -0.525 e. The van der Waals surface area contributed by atoms with E-state index in [1.165, 1.54) is 7.69 Å². The third-order valence-electron chi connectivity index (χ3n) is 4.00. The zero-order valence-corrected chi connectivity index (χ0v) is 15.7. The summed E-state index contributed by atoms with van der Waals surface area (Å²) in [6.45, 7) is 1.06. The smallest absolute Gasteiger partial charge is 0.525 e. The van der Waals surface area contributed by atoms with Gasteiger partial charge in [-0.2, -0.15) is 0 Å². The Bertz CT molecular complexity index is 790. The summed E-state index contributed by atoms with van der Waals surface area (Å²) >= 11 is 24.7. The Morgan fingerprint density at radius 3 is 1.60 bits per heavy atom. The molecule has 0 N–H and O–H groups in total. The molecule has 129 valence electrons. The lowest BCUT2D eigenvalue weighted by Gasteiger charge is -2.15. The second-order valence-corrected chi connectivity index (χ2v) is 7.11. The van der Waals surface area contributed by atoms with Crippen LogP contribution >= 0.6 is 46.4 Å². The molecule has 2 aliphatic rings. The number of hydrogen-bond acceptors (Lipinski definition) is 4. The molecule has 0 saturated carbocycles. The van der Waals surface area contributed by atoms with Crippen LogP contribution in [0.4, 0.5) is 0 Å². The zero-order valence-electron chi connectivity index (χ0n) is 12.7. The minimum atomic E-state index is 0.380. The Labute approximate surface area is 165 Å². The van der Waals surface area contributed by atoms with Gasteiger partial charge >= 0.3 is 7.69 Å². The Hall–Kier alpha value is -1.14. The van der Waals surface area contributed by atoms with Crippen molar-refractivity contribution >= 4 is 54.1 Å². The average Bonchev–Trinajstić information content (AvgIpc) is 3.22. The molecule has 0 saturated heterocycles. The SMILES string of the molecule is Clc1cc(Cl)c2c(c1O[B]Oc1c(Cl)cc(Cl)c3c1CCO3)CCO2. The van der Waals surface area contributed by atoms with Crippen LogP contribution in [0.15, 0.2) is 12.1 Å². The quantitative estimate of drug-likeness (QED) is 0.642. The van der Waals surface area contributed by atoms with Gasteiger partial charge in [-0.1, -0.05) is 46.4 Å². The van der Waals surface area contributed by atoms with E-state index in [0.29, 0.717) is 69.1 Å². The van der Waals surface area contributed by atoms with Gasteiger partial charge in [-0.3, -0.25) is 0 Å². The lowest BCUT2D eigenvalue weighted by molar-refractivity contribution is 0.357. The Balaban J connectivity index is 1.55. The number of rotatable bonds is 4. The van der Waals surface area contributed by atoms with Crippen molar-refractivity contribution in [2.75, 3.05) is 13.2 Å². The monoisotopic (exact) mass is 417 g/mol. The number of hydrogen-bond donors (Lipinski definition) is 0. The predicted molar refractivity (Wildman–Crippen MR) is 98.3 cm³/mol. The van der Waals surface area contributed by atoms with Gasteiger partial charge in [0, 0.05) is 24.0 Å². The van der Waals surface area contributed by atoms with E-state index in [4.69, 9.17) is 65.2 Å². The van der Waals surface area contributed by atoms with Gasteiger partial charge in [0.1, 0.15) is 23.0 Å². The number of benzene rings is 2. The molecule has 0 aliphatic carbocycles. The molecule has 0 spiro atoms. The summed E-state index contributed by atoms with van der Waals surface area (Å²) in [5.41, 5.74) is 1.63. The standard InChI is InChI=1S/C16H10BCl4O4/c18-9-5-11(20)15(7-1-3-22-13(7)9)24-17-25-16-8-2-4-23-14(8)10(19)6-12(16)21/h5-6H,1-4H2. The van der Waals surface area contributed by atoms with Crippen LogP contribution in [0.25, 0.3) is 0 Å². The fourth-order valence-electron chi connectivity index (χ4n) is 2.92. The molecule has 0 bridgehead atoms. The normalized spacial score (nSPS) is 14.4. The van der Waals surface area contributed by atoms with Crippen molar-refractivity contribution in [2.45, 2.75) is 12.8 Å². The van der Waals surface area contributed by atoms with Crippen LogP contribution in [0.3, 0.4) is 0 Å². The molecule has 0 unspecified atom stereocenters. The zero-order chi connectivity index (χ0) is 17.6. The van der Waals surface area contributed by atoms with Gasteiger partial charge in [0.15, 0.2) is 0 Å². The van der Waals surface area contributed by atoms with Gasteiger partial charge in [0.2, 0.25) is 0 Å². The Kier molecular flexibility index (Phi) is 4.76. The molecule has 4 rings (SSSR count). The first-order chi connectivity index (χ1) is 12.1. The molecule has 2 aromatic rings. The van der Waals surface area contributed by atoms with E-state index in [2.05, 4.69) is 0 Å². The first kappa shape index (κ1) is 17.3. The third kappa shape index (κ3) is 3.08. The topological polar surface area (TPSA) is 36.9 Å². The molecule has 9 heteroatoms. The fraction of sp³-hybridized carbons (Fsp3) is 0.250. The summed E-state index contributed by atoms with van der Waals surface area (Å²) in [5, 5.41) is 1.68. The van der Waals surface area contributed by atoms with Crippen LogP contribution in [-0.4, -0.2) is 20.9 Å². The molecule has 4 nitrogen and oxygen atoms in total. The summed E-state index contributed by atoms with van der Waals surface area (Å²) in [5.74, 6) is 2.09. The molecule has 0 aromatic heterocycles. The molecular weight excluding hydrogens is 409 g/mol. The van der Waals surface area contributed by atoms with E-state index in [0.717, 1.165) is 11.1 Å². The number of ether oxygens (including phenoxy) is 2. The number of fused-ring (bicyclic) bond motifs is 2. The van der Waals surface area contributed by atoms with Crippen molar-refractivity contribution in [2.24, 2.45) is 0 Å². The fourth-order valence-corrected chi connectivity index (χ4v) is 4.12. The highest BCUT2D eigenvalue weighted by Crippen LogP contribution is 2.45. The van der Waals surface area contributed by atoms with Crippen LogP contribution in [0.1, 0.15) is 11.1 Å². The highest BCUT2D eigenvalue weighted by molar-refractivity contribution is 6.38. The van der Waals surface area contributed by atoms with E-state index in [-0.39, 0.29) is 0 Å². The lowest BCUT2D eigenvalue weighted by Crippen LogP contribution is -2.13. The summed E-state index contributed by atoms with van der Waals surface area (Å²) in [6, 6.07) is 3.16. The number of halogens is 4. The maximum Gasteiger partial charge on any atom is 0.658 e. The van der Waals surface area contributed by atoms with Crippen LogP contribution in [0, 0.1) is 0 Å². The van der Waals surface area contributed by atoms with Crippen molar-refractivity contribution in [3.05, 3.63) is 43.4 Å². The Morgan fingerprint density at radius 2 is 1.16 bits per heavy atom. The molecule has 1 radical (unpaired) electrons. The van der Waals surface area contributed by atoms with Gasteiger partial charge in [-0.25, -0.2) is 0 Å². The molecule has 0 fully saturated rings. The highest BCUT2D eigenvalue weighted by atomic mass is 35.5. The van der Waals surface area contributed by atoms with Crippen LogP contribution < -0.4 is 18.8 Å². The summed E-state index contributed by atoms with van der Waals surface area (Å²) in [7, 11) is 1.18. The van der Waals surface area contributed by atoms with E-state index in [1.807, 2.05) is 0 Å². The van der Waals surface area contributed by atoms with Gasteiger partial charge in [0.05, 0.1) is 33.3 Å². The predicted octanol–water partition coefficient (Wildman–Crippen LogP) is 5.16. The van der Waals surface area contributed by atoms with Gasteiger partial charge < -0.3 is 18.8 Å². The molecule has 0 atom stereocenters.